The summed E-state index contributed by atoms with van der Waals surface area (Å²) < 4.78 is 2.91. The van der Waals surface area contributed by atoms with E-state index in [0.717, 1.165) is 29.3 Å². The van der Waals surface area contributed by atoms with E-state index < -0.39 is 0 Å². The van der Waals surface area contributed by atoms with E-state index in [4.69, 9.17) is 0 Å². The van der Waals surface area contributed by atoms with Crippen molar-refractivity contribution in [2.24, 2.45) is 5.92 Å². The van der Waals surface area contributed by atoms with Crippen LogP contribution in [0.1, 0.15) is 25.0 Å². The molecule has 1 saturated carbocycles. The number of imidazole rings is 1. The first-order valence-corrected chi connectivity index (χ1v) is 6.80. The van der Waals surface area contributed by atoms with Crippen LogP contribution in [0, 0.1) is 5.92 Å². The number of nitrogens with zero attached hydrogens (tertiary/aromatic N) is 3. The third-order valence-corrected chi connectivity index (χ3v) is 3.81. The van der Waals surface area contributed by atoms with E-state index >= 15 is 0 Å². The zero-order valence-electron chi connectivity index (χ0n) is 9.56. The van der Waals surface area contributed by atoms with Crippen molar-refractivity contribution in [1.82, 2.24) is 19.7 Å². The minimum atomic E-state index is 0.836. The molecule has 0 unspecified atom stereocenters. The molecule has 1 aliphatic carbocycles. The van der Waals surface area contributed by atoms with Gasteiger partial charge >= 0.3 is 0 Å². The van der Waals surface area contributed by atoms with Crippen molar-refractivity contribution >= 4 is 21.6 Å². The molecule has 5 heteroatoms. The quantitative estimate of drug-likeness (QED) is 0.941. The van der Waals surface area contributed by atoms with Gasteiger partial charge < -0.3 is 5.32 Å². The second-order valence-corrected chi connectivity index (χ2v) is 5.43. The highest BCUT2D eigenvalue weighted by atomic mass is 79.9. The van der Waals surface area contributed by atoms with Crippen molar-refractivity contribution in [3.63, 3.8) is 0 Å². The van der Waals surface area contributed by atoms with Crippen LogP contribution in [0.15, 0.2) is 23.2 Å². The largest absolute Gasteiger partial charge is 0.311 e. The topological polar surface area (TPSA) is 42.2 Å². The monoisotopic (exact) mass is 294 g/mol. The van der Waals surface area contributed by atoms with Gasteiger partial charge in [0, 0.05) is 12.7 Å². The minimum Gasteiger partial charge on any atom is -0.311 e. The molecule has 4 nitrogen and oxygen atoms in total. The third kappa shape index (κ3) is 2.35. The normalized spacial score (nSPS) is 16.3. The summed E-state index contributed by atoms with van der Waals surface area (Å²) in [4.78, 5) is 8.50. The van der Waals surface area contributed by atoms with Gasteiger partial charge in [0.2, 0.25) is 0 Å². The molecule has 0 aliphatic heterocycles. The molecule has 1 fully saturated rings. The number of halogens is 1. The van der Waals surface area contributed by atoms with E-state index in [1.165, 1.54) is 25.0 Å². The van der Waals surface area contributed by atoms with Gasteiger partial charge in [-0.1, -0.05) is 6.42 Å². The molecule has 0 bridgehead atoms. The summed E-state index contributed by atoms with van der Waals surface area (Å²) >= 11 is 3.38. The molecular weight excluding hydrogens is 280 g/mol. The molecule has 0 spiro atoms. The lowest BCUT2D eigenvalue weighted by Crippen LogP contribution is -2.27. The Labute approximate surface area is 109 Å². The summed E-state index contributed by atoms with van der Waals surface area (Å²) in [6, 6.07) is 0. The first-order chi connectivity index (χ1) is 8.33. The molecule has 2 aromatic heterocycles. The van der Waals surface area contributed by atoms with Crippen LogP contribution < -0.4 is 5.32 Å². The summed E-state index contributed by atoms with van der Waals surface area (Å²) in [6.07, 6.45) is 9.82. The van der Waals surface area contributed by atoms with Crippen LogP contribution in [0.4, 0.5) is 0 Å². The first-order valence-electron chi connectivity index (χ1n) is 6.01. The molecule has 0 aromatic carbocycles. The molecule has 2 heterocycles. The maximum atomic E-state index is 4.33. The van der Waals surface area contributed by atoms with Crippen LogP contribution in [-0.2, 0) is 6.54 Å². The Kier molecular flexibility index (Phi) is 3.11. The lowest BCUT2D eigenvalue weighted by Gasteiger charge is -2.25. The van der Waals surface area contributed by atoms with Crippen LogP contribution in [0.3, 0.4) is 0 Å². The van der Waals surface area contributed by atoms with E-state index in [2.05, 4.69) is 35.6 Å². The Balaban J connectivity index is 1.69. The number of hydrogen-bond donors (Lipinski definition) is 1. The van der Waals surface area contributed by atoms with Crippen LogP contribution in [-0.4, -0.2) is 20.9 Å². The fourth-order valence-electron chi connectivity index (χ4n) is 2.15. The van der Waals surface area contributed by atoms with Crippen LogP contribution >= 0.6 is 15.9 Å². The van der Waals surface area contributed by atoms with Gasteiger partial charge in [0.1, 0.15) is 4.60 Å². The van der Waals surface area contributed by atoms with Gasteiger partial charge in [0.05, 0.1) is 18.1 Å². The van der Waals surface area contributed by atoms with E-state index in [1.807, 2.05) is 12.4 Å². The molecule has 0 saturated heterocycles. The number of aromatic nitrogens is 3. The minimum absolute atomic E-state index is 0.836. The maximum Gasteiger partial charge on any atom is 0.155 e. The molecular formula is C12H15BrN4. The fourth-order valence-corrected chi connectivity index (χ4v) is 2.46. The second kappa shape index (κ2) is 4.74. The van der Waals surface area contributed by atoms with Gasteiger partial charge in [0.15, 0.2) is 5.65 Å². The average molecular weight is 295 g/mol. The fraction of sp³-hybridized carbons (Fsp3) is 0.500. The van der Waals surface area contributed by atoms with Crippen molar-refractivity contribution in [3.8, 4) is 0 Å². The van der Waals surface area contributed by atoms with E-state index in [1.54, 1.807) is 6.20 Å². The highest BCUT2D eigenvalue weighted by Gasteiger charge is 2.16. The Morgan fingerprint density at radius 1 is 1.35 bits per heavy atom. The van der Waals surface area contributed by atoms with Crippen molar-refractivity contribution < 1.29 is 0 Å². The molecule has 0 radical (unpaired) electrons. The Morgan fingerprint density at radius 2 is 2.24 bits per heavy atom. The van der Waals surface area contributed by atoms with Crippen molar-refractivity contribution in [2.45, 2.75) is 25.8 Å². The molecule has 90 valence electrons. The van der Waals surface area contributed by atoms with E-state index in [9.17, 15) is 0 Å². The van der Waals surface area contributed by atoms with E-state index in [-0.39, 0.29) is 0 Å². The van der Waals surface area contributed by atoms with Gasteiger partial charge in [-0.05, 0) is 41.2 Å². The lowest BCUT2D eigenvalue weighted by atomic mass is 9.85. The summed E-state index contributed by atoms with van der Waals surface area (Å²) in [5.74, 6) is 0.891. The summed E-state index contributed by atoms with van der Waals surface area (Å²) in [5, 5.41) is 3.50. The SMILES string of the molecule is Brc1cn2c(CNCC3CCC3)cnc2cn1. The molecule has 17 heavy (non-hydrogen) atoms. The maximum absolute atomic E-state index is 4.33. The van der Waals surface area contributed by atoms with Gasteiger partial charge in [-0.2, -0.15) is 0 Å². The number of rotatable bonds is 4. The van der Waals surface area contributed by atoms with Crippen molar-refractivity contribution in [3.05, 3.63) is 28.9 Å². The Hall–Kier alpha value is -0.940. The highest BCUT2D eigenvalue weighted by Crippen LogP contribution is 2.25. The number of hydrogen-bond acceptors (Lipinski definition) is 3. The van der Waals surface area contributed by atoms with Gasteiger partial charge in [-0.3, -0.25) is 4.40 Å². The van der Waals surface area contributed by atoms with Crippen LogP contribution in [0.5, 0.6) is 0 Å². The van der Waals surface area contributed by atoms with Gasteiger partial charge in [-0.15, -0.1) is 0 Å². The second-order valence-electron chi connectivity index (χ2n) is 4.62. The Morgan fingerprint density at radius 3 is 3.00 bits per heavy atom. The standard InChI is InChI=1S/C12H15BrN4/c13-11-8-17-10(6-16-12(17)7-15-11)5-14-4-9-2-1-3-9/h6-9,14H,1-5H2. The van der Waals surface area contributed by atoms with Crippen molar-refractivity contribution in [2.75, 3.05) is 6.54 Å². The van der Waals surface area contributed by atoms with Gasteiger partial charge in [-0.25, -0.2) is 9.97 Å². The number of fused-ring (bicyclic) bond motifs is 1. The molecule has 0 amide bonds. The lowest BCUT2D eigenvalue weighted by molar-refractivity contribution is 0.301. The third-order valence-electron chi connectivity index (χ3n) is 3.40. The predicted octanol–water partition coefficient (Wildman–Crippen LogP) is 2.38. The summed E-state index contributed by atoms with van der Waals surface area (Å²) in [5.41, 5.74) is 2.08. The summed E-state index contributed by atoms with van der Waals surface area (Å²) in [7, 11) is 0. The molecule has 0 atom stereocenters. The molecule has 1 N–H and O–H groups in total. The van der Waals surface area contributed by atoms with Crippen LogP contribution in [0.25, 0.3) is 5.65 Å². The molecule has 1 aliphatic rings. The highest BCUT2D eigenvalue weighted by molar-refractivity contribution is 9.10. The summed E-state index contributed by atoms with van der Waals surface area (Å²) in [6.45, 7) is 1.99. The zero-order valence-corrected chi connectivity index (χ0v) is 11.2. The van der Waals surface area contributed by atoms with Gasteiger partial charge in [0.25, 0.3) is 0 Å². The average Bonchev–Trinajstić information content (AvgIpc) is 2.64. The number of nitrogens with one attached hydrogen (secondary N) is 1. The smallest absolute Gasteiger partial charge is 0.155 e. The Bertz CT molecular complexity index is 518. The predicted molar refractivity (Wildman–Crippen MR) is 69.7 cm³/mol. The van der Waals surface area contributed by atoms with Crippen LogP contribution in [0.2, 0.25) is 0 Å². The van der Waals surface area contributed by atoms with Crippen molar-refractivity contribution in [1.29, 1.82) is 0 Å². The van der Waals surface area contributed by atoms with E-state index in [0.29, 0.717) is 0 Å². The first kappa shape index (κ1) is 11.2. The molecule has 3 rings (SSSR count). The molecule has 2 aromatic rings. The zero-order chi connectivity index (χ0) is 11.7.